The summed E-state index contributed by atoms with van der Waals surface area (Å²) in [5.74, 6) is 0. The standard InChI is InChI=1S/C10H18N2OS/c1-7(13-4)5-10-12-8(2)9(14-10)6-11-3/h7,11H,5-6H2,1-4H3. The normalized spacial score (nSPS) is 13.1. The van der Waals surface area contributed by atoms with Gasteiger partial charge in [0.2, 0.25) is 0 Å². The highest BCUT2D eigenvalue weighted by Gasteiger charge is 2.09. The molecule has 14 heavy (non-hydrogen) atoms. The van der Waals surface area contributed by atoms with E-state index in [1.54, 1.807) is 18.4 Å². The molecule has 0 aliphatic carbocycles. The highest BCUT2D eigenvalue weighted by atomic mass is 32.1. The summed E-state index contributed by atoms with van der Waals surface area (Å²) < 4.78 is 5.21. The smallest absolute Gasteiger partial charge is 0.0957 e. The van der Waals surface area contributed by atoms with Crippen LogP contribution in [0, 0.1) is 6.92 Å². The molecule has 1 atom stereocenters. The Bertz CT molecular complexity index is 286. The Morgan fingerprint density at radius 3 is 2.86 bits per heavy atom. The third-order valence-electron chi connectivity index (χ3n) is 2.14. The second kappa shape index (κ2) is 5.44. The Balaban J connectivity index is 2.65. The van der Waals surface area contributed by atoms with Crippen LogP contribution in [0.4, 0.5) is 0 Å². The molecule has 3 nitrogen and oxygen atoms in total. The van der Waals surface area contributed by atoms with Crippen molar-refractivity contribution in [3.63, 3.8) is 0 Å². The molecule has 0 fully saturated rings. The monoisotopic (exact) mass is 214 g/mol. The van der Waals surface area contributed by atoms with E-state index < -0.39 is 0 Å². The first kappa shape index (κ1) is 11.6. The van der Waals surface area contributed by atoms with E-state index in [0.29, 0.717) is 0 Å². The number of nitrogens with zero attached hydrogens (tertiary/aromatic N) is 1. The van der Waals surface area contributed by atoms with E-state index in [2.05, 4.69) is 24.1 Å². The molecule has 0 aromatic carbocycles. The Morgan fingerprint density at radius 2 is 2.29 bits per heavy atom. The van der Waals surface area contributed by atoms with Gasteiger partial charge in [0.05, 0.1) is 16.8 Å². The topological polar surface area (TPSA) is 34.1 Å². The average Bonchev–Trinajstić information content (AvgIpc) is 2.47. The molecule has 1 aromatic heterocycles. The first-order valence-electron chi connectivity index (χ1n) is 4.80. The number of nitrogens with one attached hydrogen (secondary N) is 1. The molecular formula is C10H18N2OS. The number of hydrogen-bond donors (Lipinski definition) is 1. The number of aryl methyl sites for hydroxylation is 1. The second-order valence-electron chi connectivity index (χ2n) is 3.40. The van der Waals surface area contributed by atoms with Crippen LogP contribution in [-0.2, 0) is 17.7 Å². The molecule has 1 heterocycles. The minimum absolute atomic E-state index is 0.253. The number of thiazole rings is 1. The van der Waals surface area contributed by atoms with Crippen LogP contribution in [0.15, 0.2) is 0 Å². The van der Waals surface area contributed by atoms with Gasteiger partial charge < -0.3 is 10.1 Å². The minimum atomic E-state index is 0.253. The predicted molar refractivity (Wildman–Crippen MR) is 59.8 cm³/mol. The Morgan fingerprint density at radius 1 is 1.57 bits per heavy atom. The molecule has 0 amide bonds. The third kappa shape index (κ3) is 3.04. The largest absolute Gasteiger partial charge is 0.381 e. The summed E-state index contributed by atoms with van der Waals surface area (Å²) in [5, 5.41) is 4.31. The van der Waals surface area contributed by atoms with Gasteiger partial charge >= 0.3 is 0 Å². The number of hydrogen-bond acceptors (Lipinski definition) is 4. The predicted octanol–water partition coefficient (Wildman–Crippen LogP) is 1.75. The SMILES string of the molecule is CNCc1sc(CC(C)OC)nc1C. The number of aromatic nitrogens is 1. The molecule has 0 spiro atoms. The lowest BCUT2D eigenvalue weighted by Gasteiger charge is -2.05. The molecular weight excluding hydrogens is 196 g/mol. The fourth-order valence-electron chi connectivity index (χ4n) is 1.23. The van der Waals surface area contributed by atoms with E-state index in [1.807, 2.05) is 7.05 Å². The van der Waals surface area contributed by atoms with Gasteiger partial charge in [-0.25, -0.2) is 4.98 Å². The van der Waals surface area contributed by atoms with Gasteiger partial charge in [0.15, 0.2) is 0 Å². The van der Waals surface area contributed by atoms with Crippen molar-refractivity contribution in [1.29, 1.82) is 0 Å². The number of methoxy groups -OCH3 is 1. The molecule has 1 N–H and O–H groups in total. The molecule has 0 saturated carbocycles. The summed E-state index contributed by atoms with van der Waals surface area (Å²) in [6.07, 6.45) is 1.16. The van der Waals surface area contributed by atoms with Crippen LogP contribution in [0.25, 0.3) is 0 Å². The summed E-state index contributed by atoms with van der Waals surface area (Å²) in [7, 11) is 3.69. The van der Waals surface area contributed by atoms with E-state index in [1.165, 1.54) is 9.88 Å². The van der Waals surface area contributed by atoms with Gasteiger partial charge in [-0.1, -0.05) is 0 Å². The van der Waals surface area contributed by atoms with Crippen molar-refractivity contribution in [1.82, 2.24) is 10.3 Å². The van der Waals surface area contributed by atoms with Crippen molar-refractivity contribution in [3.8, 4) is 0 Å². The van der Waals surface area contributed by atoms with Crippen LogP contribution in [0.2, 0.25) is 0 Å². The Kier molecular flexibility index (Phi) is 4.51. The van der Waals surface area contributed by atoms with E-state index in [9.17, 15) is 0 Å². The summed E-state index contributed by atoms with van der Waals surface area (Å²) in [4.78, 5) is 5.84. The Labute approximate surface area is 89.5 Å². The fraction of sp³-hybridized carbons (Fsp3) is 0.700. The van der Waals surface area contributed by atoms with Crippen LogP contribution in [0.5, 0.6) is 0 Å². The van der Waals surface area contributed by atoms with E-state index in [0.717, 1.165) is 18.7 Å². The maximum absolute atomic E-state index is 5.21. The molecule has 0 bridgehead atoms. The van der Waals surface area contributed by atoms with Gasteiger partial charge in [0, 0.05) is 25.0 Å². The lowest BCUT2D eigenvalue weighted by molar-refractivity contribution is 0.118. The lowest BCUT2D eigenvalue weighted by atomic mass is 10.3. The fourth-order valence-corrected chi connectivity index (χ4v) is 2.42. The first-order valence-corrected chi connectivity index (χ1v) is 5.61. The van der Waals surface area contributed by atoms with Crippen LogP contribution < -0.4 is 5.32 Å². The summed E-state index contributed by atoms with van der Waals surface area (Å²) >= 11 is 1.77. The molecule has 80 valence electrons. The van der Waals surface area contributed by atoms with Crippen molar-refractivity contribution < 1.29 is 4.74 Å². The van der Waals surface area contributed by atoms with Gasteiger partial charge in [-0.3, -0.25) is 0 Å². The minimum Gasteiger partial charge on any atom is -0.381 e. The molecule has 1 rings (SSSR count). The zero-order valence-electron chi connectivity index (χ0n) is 9.26. The van der Waals surface area contributed by atoms with Crippen molar-refractivity contribution in [2.24, 2.45) is 0 Å². The first-order chi connectivity index (χ1) is 6.67. The summed E-state index contributed by atoms with van der Waals surface area (Å²) in [6.45, 7) is 5.03. The van der Waals surface area contributed by atoms with Crippen LogP contribution >= 0.6 is 11.3 Å². The molecule has 4 heteroatoms. The van der Waals surface area contributed by atoms with Crippen molar-refractivity contribution >= 4 is 11.3 Å². The van der Waals surface area contributed by atoms with Gasteiger partial charge in [0.25, 0.3) is 0 Å². The van der Waals surface area contributed by atoms with Gasteiger partial charge in [-0.2, -0.15) is 0 Å². The zero-order valence-corrected chi connectivity index (χ0v) is 10.1. The van der Waals surface area contributed by atoms with Gasteiger partial charge in [-0.15, -0.1) is 11.3 Å². The summed E-state index contributed by atoms with van der Waals surface area (Å²) in [6, 6.07) is 0. The van der Waals surface area contributed by atoms with Crippen LogP contribution in [-0.4, -0.2) is 25.2 Å². The van der Waals surface area contributed by atoms with Gasteiger partial charge in [0.1, 0.15) is 0 Å². The third-order valence-corrected chi connectivity index (χ3v) is 3.32. The van der Waals surface area contributed by atoms with Gasteiger partial charge in [-0.05, 0) is 20.9 Å². The molecule has 0 saturated heterocycles. The van der Waals surface area contributed by atoms with Crippen molar-refractivity contribution in [2.45, 2.75) is 32.9 Å². The maximum atomic E-state index is 5.21. The molecule has 0 radical (unpaired) electrons. The average molecular weight is 214 g/mol. The van der Waals surface area contributed by atoms with Crippen LogP contribution in [0.1, 0.15) is 22.5 Å². The maximum Gasteiger partial charge on any atom is 0.0957 e. The highest BCUT2D eigenvalue weighted by molar-refractivity contribution is 7.11. The molecule has 0 aliphatic heterocycles. The van der Waals surface area contributed by atoms with Crippen LogP contribution in [0.3, 0.4) is 0 Å². The van der Waals surface area contributed by atoms with Crippen molar-refractivity contribution in [3.05, 3.63) is 15.6 Å². The lowest BCUT2D eigenvalue weighted by Crippen LogP contribution is -2.08. The molecule has 1 unspecified atom stereocenters. The summed E-state index contributed by atoms with van der Waals surface area (Å²) in [5.41, 5.74) is 1.14. The number of ether oxygens (including phenoxy) is 1. The van der Waals surface area contributed by atoms with E-state index in [-0.39, 0.29) is 6.10 Å². The van der Waals surface area contributed by atoms with E-state index >= 15 is 0 Å². The molecule has 1 aromatic rings. The quantitative estimate of drug-likeness (QED) is 0.811. The Hall–Kier alpha value is -0.450. The van der Waals surface area contributed by atoms with Crippen molar-refractivity contribution in [2.75, 3.05) is 14.2 Å². The zero-order chi connectivity index (χ0) is 10.6. The highest BCUT2D eigenvalue weighted by Crippen LogP contribution is 2.19. The second-order valence-corrected chi connectivity index (χ2v) is 4.57. The number of rotatable bonds is 5. The van der Waals surface area contributed by atoms with E-state index in [4.69, 9.17) is 4.74 Å². The molecule has 0 aliphatic rings.